The maximum Gasteiger partial charge on any atom is 0.231 e. The Morgan fingerprint density at radius 3 is 2.40 bits per heavy atom. The van der Waals surface area contributed by atoms with Gasteiger partial charge in [0.2, 0.25) is 18.6 Å². The Bertz CT molecular complexity index is 1310. The predicted octanol–water partition coefficient (Wildman–Crippen LogP) is 5.07. The zero-order valence-corrected chi connectivity index (χ0v) is 23.6. The molecule has 0 bridgehead atoms. The minimum absolute atomic E-state index is 0.0542. The van der Waals surface area contributed by atoms with E-state index in [0.29, 0.717) is 50.0 Å². The smallest absolute Gasteiger partial charge is 0.231 e. The molecule has 0 N–H and O–H groups in total. The van der Waals surface area contributed by atoms with Crippen molar-refractivity contribution in [3.8, 4) is 11.5 Å². The van der Waals surface area contributed by atoms with Crippen LogP contribution < -0.4 is 14.4 Å². The van der Waals surface area contributed by atoms with Gasteiger partial charge in [0.1, 0.15) is 0 Å². The summed E-state index contributed by atoms with van der Waals surface area (Å²) in [6.45, 7) is 7.97. The second-order valence-electron chi connectivity index (χ2n) is 10.8. The lowest BCUT2D eigenvalue weighted by molar-refractivity contribution is -0.131. The van der Waals surface area contributed by atoms with Crippen LogP contribution in [0.25, 0.3) is 0 Å². The summed E-state index contributed by atoms with van der Waals surface area (Å²) in [7, 11) is 0. The van der Waals surface area contributed by atoms with Gasteiger partial charge in [-0.25, -0.2) is 0 Å². The number of rotatable bonds is 6. The molecule has 0 radical (unpaired) electrons. The van der Waals surface area contributed by atoms with Gasteiger partial charge in [0.05, 0.1) is 6.42 Å². The van der Waals surface area contributed by atoms with E-state index in [1.165, 1.54) is 0 Å². The SMILES string of the molecule is CC(C)N1CCCN(C(=O)CCc2ccccc2)c2ccccc2CN(C(=O)Cc2ccc3c(c2)OCO3)CC1. The first-order valence-electron chi connectivity index (χ1n) is 14.3. The molecule has 0 aromatic heterocycles. The van der Waals surface area contributed by atoms with Crippen LogP contribution in [0.3, 0.4) is 0 Å². The molecule has 0 saturated carbocycles. The van der Waals surface area contributed by atoms with Crippen LogP contribution in [0, 0.1) is 0 Å². The topological polar surface area (TPSA) is 62.3 Å². The summed E-state index contributed by atoms with van der Waals surface area (Å²) in [5.74, 6) is 1.57. The number of hydrogen-bond donors (Lipinski definition) is 0. The molecule has 5 rings (SSSR count). The Kier molecular flexibility index (Phi) is 9.01. The number of benzene rings is 3. The van der Waals surface area contributed by atoms with Crippen molar-refractivity contribution in [1.29, 1.82) is 0 Å². The van der Waals surface area contributed by atoms with Gasteiger partial charge in [-0.1, -0.05) is 54.6 Å². The number of carbonyl (C=O) groups excluding carboxylic acids is 2. The molecule has 0 saturated heterocycles. The number of fused-ring (bicyclic) bond motifs is 2. The number of amides is 2. The van der Waals surface area contributed by atoms with Crippen LogP contribution in [-0.2, 0) is 29.0 Å². The van der Waals surface area contributed by atoms with E-state index in [-0.39, 0.29) is 25.0 Å². The molecule has 7 nitrogen and oxygen atoms in total. The first-order valence-corrected chi connectivity index (χ1v) is 14.3. The standard InChI is InChI=1S/C33H39N3O4/c1-25(2)34-17-8-18-36(32(37)16-14-26-9-4-3-5-10-26)29-12-7-6-11-28(29)23-35(20-19-34)33(38)22-27-13-15-30-31(21-27)40-24-39-30/h3-7,9-13,15,21,25H,8,14,16-20,22-24H2,1-2H3. The van der Waals surface area contributed by atoms with Crippen molar-refractivity contribution in [3.05, 3.63) is 89.5 Å². The minimum Gasteiger partial charge on any atom is -0.454 e. The average molecular weight is 542 g/mol. The molecule has 3 aromatic rings. The second kappa shape index (κ2) is 13.0. The van der Waals surface area contributed by atoms with Crippen LogP contribution in [0.2, 0.25) is 0 Å². The maximum atomic E-state index is 13.7. The summed E-state index contributed by atoms with van der Waals surface area (Å²) < 4.78 is 11.0. The number of para-hydroxylation sites is 1. The average Bonchev–Trinajstić information content (AvgIpc) is 3.42. The van der Waals surface area contributed by atoms with Gasteiger partial charge in [-0.2, -0.15) is 0 Å². The van der Waals surface area contributed by atoms with E-state index < -0.39 is 0 Å². The Labute approximate surface area is 237 Å². The molecule has 2 heterocycles. The zero-order valence-electron chi connectivity index (χ0n) is 23.6. The normalized spacial score (nSPS) is 16.0. The third kappa shape index (κ3) is 6.83. The number of carbonyl (C=O) groups is 2. The van der Waals surface area contributed by atoms with Gasteiger partial charge in [-0.15, -0.1) is 0 Å². The minimum atomic E-state index is 0.0542. The fourth-order valence-corrected chi connectivity index (χ4v) is 5.46. The number of ether oxygens (including phenoxy) is 2. The molecule has 2 aliphatic heterocycles. The number of hydrogen-bond acceptors (Lipinski definition) is 5. The van der Waals surface area contributed by atoms with Crippen molar-refractivity contribution in [3.63, 3.8) is 0 Å². The number of nitrogens with zero attached hydrogens (tertiary/aromatic N) is 3. The zero-order chi connectivity index (χ0) is 27.9. The summed E-state index contributed by atoms with van der Waals surface area (Å²) in [4.78, 5) is 33.7. The number of aryl methyl sites for hydroxylation is 1. The van der Waals surface area contributed by atoms with Crippen molar-refractivity contribution in [1.82, 2.24) is 9.80 Å². The van der Waals surface area contributed by atoms with Gasteiger partial charge in [0.25, 0.3) is 0 Å². The Balaban J connectivity index is 1.39. The molecule has 0 unspecified atom stereocenters. The molecule has 0 aliphatic carbocycles. The van der Waals surface area contributed by atoms with Gasteiger partial charge >= 0.3 is 0 Å². The fraction of sp³-hybridized carbons (Fsp3) is 0.394. The summed E-state index contributed by atoms with van der Waals surface area (Å²) >= 11 is 0. The molecule has 3 aromatic carbocycles. The fourth-order valence-electron chi connectivity index (χ4n) is 5.46. The Morgan fingerprint density at radius 2 is 1.57 bits per heavy atom. The van der Waals surface area contributed by atoms with Crippen LogP contribution in [0.1, 0.15) is 43.4 Å². The van der Waals surface area contributed by atoms with Crippen molar-refractivity contribution in [2.75, 3.05) is 37.9 Å². The van der Waals surface area contributed by atoms with E-state index >= 15 is 0 Å². The van der Waals surface area contributed by atoms with E-state index in [2.05, 4.69) is 30.9 Å². The molecule has 0 atom stereocenters. The van der Waals surface area contributed by atoms with Crippen molar-refractivity contribution in [2.45, 2.75) is 52.1 Å². The van der Waals surface area contributed by atoms with Gasteiger partial charge < -0.3 is 19.3 Å². The summed E-state index contributed by atoms with van der Waals surface area (Å²) in [5.41, 5.74) is 3.95. The Morgan fingerprint density at radius 1 is 0.800 bits per heavy atom. The maximum absolute atomic E-state index is 13.7. The van der Waals surface area contributed by atoms with E-state index in [4.69, 9.17) is 9.47 Å². The van der Waals surface area contributed by atoms with Gasteiger partial charge in [-0.3, -0.25) is 14.5 Å². The summed E-state index contributed by atoms with van der Waals surface area (Å²) in [6, 6.07) is 24.2. The predicted molar refractivity (Wildman–Crippen MR) is 157 cm³/mol. The molecule has 2 aliphatic rings. The highest BCUT2D eigenvalue weighted by atomic mass is 16.7. The van der Waals surface area contributed by atoms with Crippen LogP contribution in [0.4, 0.5) is 5.69 Å². The van der Waals surface area contributed by atoms with Crippen LogP contribution in [-0.4, -0.2) is 60.6 Å². The third-order valence-corrected chi connectivity index (χ3v) is 7.77. The van der Waals surface area contributed by atoms with E-state index in [0.717, 1.165) is 41.9 Å². The van der Waals surface area contributed by atoms with Gasteiger partial charge in [0, 0.05) is 50.9 Å². The summed E-state index contributed by atoms with van der Waals surface area (Å²) in [5, 5.41) is 0. The lowest BCUT2D eigenvalue weighted by Crippen LogP contribution is -2.41. The molecule has 40 heavy (non-hydrogen) atoms. The first-order chi connectivity index (χ1) is 19.5. The van der Waals surface area contributed by atoms with Gasteiger partial charge in [0.15, 0.2) is 11.5 Å². The van der Waals surface area contributed by atoms with Crippen LogP contribution >= 0.6 is 0 Å². The molecule has 7 heteroatoms. The van der Waals surface area contributed by atoms with E-state index in [1.54, 1.807) is 0 Å². The van der Waals surface area contributed by atoms with Crippen molar-refractivity contribution < 1.29 is 19.1 Å². The molecular formula is C33H39N3O4. The van der Waals surface area contributed by atoms with Crippen LogP contribution in [0.5, 0.6) is 11.5 Å². The molecule has 2 amide bonds. The number of anilines is 1. The summed E-state index contributed by atoms with van der Waals surface area (Å²) in [6.07, 6.45) is 2.30. The van der Waals surface area contributed by atoms with Crippen molar-refractivity contribution in [2.24, 2.45) is 0 Å². The molecule has 0 spiro atoms. The molecule has 0 fully saturated rings. The van der Waals surface area contributed by atoms with E-state index in [9.17, 15) is 9.59 Å². The molecular weight excluding hydrogens is 502 g/mol. The lowest BCUT2D eigenvalue weighted by Gasteiger charge is -2.30. The van der Waals surface area contributed by atoms with Gasteiger partial charge in [-0.05, 0) is 61.6 Å². The van der Waals surface area contributed by atoms with Crippen molar-refractivity contribution >= 4 is 17.5 Å². The highest BCUT2D eigenvalue weighted by molar-refractivity contribution is 5.94. The first kappa shape index (κ1) is 27.7. The highest BCUT2D eigenvalue weighted by Gasteiger charge is 2.25. The monoisotopic (exact) mass is 541 g/mol. The highest BCUT2D eigenvalue weighted by Crippen LogP contribution is 2.33. The quantitative estimate of drug-likeness (QED) is 0.436. The van der Waals surface area contributed by atoms with Crippen LogP contribution in [0.15, 0.2) is 72.8 Å². The Hall–Kier alpha value is -3.84. The second-order valence-corrected chi connectivity index (χ2v) is 10.8. The third-order valence-electron chi connectivity index (χ3n) is 7.77. The van der Waals surface area contributed by atoms with E-state index in [1.807, 2.05) is 70.5 Å². The lowest BCUT2D eigenvalue weighted by atomic mass is 10.1. The molecule has 210 valence electrons. The largest absolute Gasteiger partial charge is 0.454 e.